The minimum absolute atomic E-state index is 0.0471. The van der Waals surface area contributed by atoms with Crippen LogP contribution in [0.5, 0.6) is 17.2 Å². The topological polar surface area (TPSA) is 114 Å². The number of likely N-dealkylation sites (N-methyl/N-ethyl adjacent to an activating group) is 1. The first-order valence-electron chi connectivity index (χ1n) is 11.7. The number of alkyl halides is 2. The summed E-state index contributed by atoms with van der Waals surface area (Å²) in [5.41, 5.74) is -1.56. The van der Waals surface area contributed by atoms with Crippen molar-refractivity contribution in [1.29, 1.82) is 0 Å². The van der Waals surface area contributed by atoms with Crippen LogP contribution >= 0.6 is 0 Å². The van der Waals surface area contributed by atoms with E-state index < -0.39 is 42.2 Å². The highest BCUT2D eigenvalue weighted by Gasteiger charge is 2.55. The summed E-state index contributed by atoms with van der Waals surface area (Å²) in [5.74, 6) is 2.39. The molecular formula is C27H22F2N4O5. The Balaban J connectivity index is 1.28. The van der Waals surface area contributed by atoms with Gasteiger partial charge in [-0.25, -0.2) is 13.8 Å². The van der Waals surface area contributed by atoms with Crippen LogP contribution in [0, 0.1) is 11.8 Å². The van der Waals surface area contributed by atoms with Gasteiger partial charge in [0.25, 0.3) is 17.7 Å². The summed E-state index contributed by atoms with van der Waals surface area (Å²) in [4.78, 5) is 35.6. The third kappa shape index (κ3) is 5.40. The van der Waals surface area contributed by atoms with Gasteiger partial charge in [0, 0.05) is 19.3 Å². The van der Waals surface area contributed by atoms with Gasteiger partial charge in [0.15, 0.2) is 11.6 Å². The van der Waals surface area contributed by atoms with E-state index in [0.29, 0.717) is 11.5 Å². The molecule has 194 valence electrons. The number of halogens is 2. The van der Waals surface area contributed by atoms with Gasteiger partial charge in [-0.05, 0) is 36.3 Å². The van der Waals surface area contributed by atoms with E-state index in [0.717, 1.165) is 0 Å². The summed E-state index contributed by atoms with van der Waals surface area (Å²) in [5, 5.41) is 12.7. The maximum atomic E-state index is 13.1. The average Bonchev–Trinajstić information content (AvgIpc) is 2.99. The van der Waals surface area contributed by atoms with Gasteiger partial charge in [-0.3, -0.25) is 19.5 Å². The lowest BCUT2D eigenvalue weighted by atomic mass is 9.77. The van der Waals surface area contributed by atoms with E-state index in [1.807, 2.05) is 18.2 Å². The summed E-state index contributed by atoms with van der Waals surface area (Å²) < 4.78 is 37.7. The number of hydrogen-bond acceptors (Lipinski definition) is 7. The maximum Gasteiger partial charge on any atom is 0.270 e. The zero-order chi connectivity index (χ0) is 26.9. The number of anilines is 1. The van der Waals surface area contributed by atoms with Crippen molar-refractivity contribution in [2.24, 2.45) is 0 Å². The van der Waals surface area contributed by atoms with Crippen molar-refractivity contribution < 1.29 is 33.0 Å². The summed E-state index contributed by atoms with van der Waals surface area (Å²) in [7, 11) is 1.46. The normalized spacial score (nSPS) is 19.0. The van der Waals surface area contributed by atoms with Crippen LogP contribution in [0.1, 0.15) is 29.0 Å². The molecule has 11 heteroatoms. The Morgan fingerprint density at radius 3 is 2.68 bits per heavy atom. The predicted octanol–water partition coefficient (Wildman–Crippen LogP) is 2.93. The molecule has 1 saturated carbocycles. The van der Waals surface area contributed by atoms with Gasteiger partial charge in [-0.2, -0.15) is 0 Å². The number of benzene rings is 1. The number of nitrogens with one attached hydrogen (secondary N) is 1. The Labute approximate surface area is 216 Å². The molecular weight excluding hydrogens is 498 g/mol. The zero-order valence-corrected chi connectivity index (χ0v) is 20.1. The number of ether oxygens (including phenoxy) is 2. The van der Waals surface area contributed by atoms with Crippen molar-refractivity contribution in [2.45, 2.75) is 30.4 Å². The van der Waals surface area contributed by atoms with Crippen molar-refractivity contribution in [2.75, 3.05) is 18.6 Å². The second-order valence-corrected chi connectivity index (χ2v) is 9.04. The fourth-order valence-electron chi connectivity index (χ4n) is 4.07. The highest BCUT2D eigenvalue weighted by Crippen LogP contribution is 2.45. The van der Waals surface area contributed by atoms with E-state index in [1.165, 1.54) is 36.3 Å². The lowest BCUT2D eigenvalue weighted by Crippen LogP contribution is -2.50. The SMILES string of the molecule is CN1C(=O)C(NC(=O)c2cc(Oc3ccccc3)ccn2)COc2ccc(C#CC3(O)CC(F)(F)C3)nc21. The number of aliphatic hydroxyl groups is 1. The quantitative estimate of drug-likeness (QED) is 0.509. The Kier molecular flexibility index (Phi) is 6.42. The van der Waals surface area contributed by atoms with Gasteiger partial charge in [0.1, 0.15) is 41.1 Å². The summed E-state index contributed by atoms with van der Waals surface area (Å²) in [6.07, 6.45) is -0.0533. The Morgan fingerprint density at radius 1 is 1.18 bits per heavy atom. The number of hydrogen-bond donors (Lipinski definition) is 2. The molecule has 2 amide bonds. The molecule has 0 saturated heterocycles. The monoisotopic (exact) mass is 520 g/mol. The van der Waals surface area contributed by atoms with E-state index >= 15 is 0 Å². The minimum Gasteiger partial charge on any atom is -0.487 e. The Bertz CT molecular complexity index is 1450. The first kappa shape index (κ1) is 25.1. The third-order valence-corrected chi connectivity index (χ3v) is 5.96. The van der Waals surface area contributed by atoms with Crippen LogP contribution in [0.3, 0.4) is 0 Å². The molecule has 1 aromatic carbocycles. The van der Waals surface area contributed by atoms with E-state index in [-0.39, 0.29) is 29.6 Å². The standard InChI is InChI=1S/C27H22F2N4O5/c1-33-23-22(8-7-17(31-23)9-11-26(36)15-27(28,29)16-26)37-14-21(25(33)35)32-24(34)20-13-19(10-12-30-20)38-18-5-3-2-4-6-18/h2-8,10,12-13,21,36H,14-16H2,1H3,(H,32,34). The van der Waals surface area contributed by atoms with E-state index in [2.05, 4.69) is 27.1 Å². The summed E-state index contributed by atoms with van der Waals surface area (Å²) in [6, 6.07) is 14.1. The van der Waals surface area contributed by atoms with Crippen LogP contribution in [0.4, 0.5) is 14.6 Å². The fourth-order valence-corrected chi connectivity index (χ4v) is 4.07. The van der Waals surface area contributed by atoms with E-state index in [4.69, 9.17) is 9.47 Å². The first-order valence-corrected chi connectivity index (χ1v) is 11.7. The summed E-state index contributed by atoms with van der Waals surface area (Å²) >= 11 is 0. The smallest absolute Gasteiger partial charge is 0.270 e. The molecule has 0 spiro atoms. The fraction of sp³-hybridized carbons (Fsp3) is 0.259. The number of aromatic nitrogens is 2. The average molecular weight is 520 g/mol. The molecule has 1 unspecified atom stereocenters. The molecule has 2 aromatic heterocycles. The largest absolute Gasteiger partial charge is 0.487 e. The van der Waals surface area contributed by atoms with E-state index in [9.17, 15) is 23.5 Å². The van der Waals surface area contributed by atoms with Crippen LogP contribution in [-0.2, 0) is 4.79 Å². The molecule has 1 aliphatic heterocycles. The number of carbonyl (C=O) groups is 2. The molecule has 1 atom stereocenters. The van der Waals surface area contributed by atoms with Gasteiger partial charge in [0.2, 0.25) is 0 Å². The number of para-hydroxylation sites is 1. The molecule has 3 heterocycles. The number of rotatable bonds is 4. The van der Waals surface area contributed by atoms with E-state index in [1.54, 1.807) is 18.2 Å². The molecule has 3 aromatic rings. The van der Waals surface area contributed by atoms with Crippen LogP contribution in [0.2, 0.25) is 0 Å². The van der Waals surface area contributed by atoms with Crippen LogP contribution < -0.4 is 19.7 Å². The van der Waals surface area contributed by atoms with Gasteiger partial charge >= 0.3 is 0 Å². The van der Waals surface area contributed by atoms with Gasteiger partial charge < -0.3 is 19.9 Å². The lowest BCUT2D eigenvalue weighted by molar-refractivity contribution is -0.176. The number of nitrogens with zero attached hydrogens (tertiary/aromatic N) is 3. The molecule has 1 fully saturated rings. The number of fused-ring (bicyclic) bond motifs is 1. The second kappa shape index (κ2) is 9.72. The predicted molar refractivity (Wildman–Crippen MR) is 131 cm³/mol. The molecule has 2 N–H and O–H groups in total. The van der Waals surface area contributed by atoms with Crippen LogP contribution in [-0.4, -0.2) is 58.1 Å². The molecule has 9 nitrogen and oxygen atoms in total. The lowest BCUT2D eigenvalue weighted by Gasteiger charge is -2.39. The number of amides is 2. The number of pyridine rings is 2. The number of carbonyl (C=O) groups excluding carboxylic acids is 2. The van der Waals surface area contributed by atoms with Gasteiger partial charge in [-0.15, -0.1) is 0 Å². The van der Waals surface area contributed by atoms with Crippen molar-refractivity contribution >= 4 is 17.6 Å². The second-order valence-electron chi connectivity index (χ2n) is 9.04. The summed E-state index contributed by atoms with van der Waals surface area (Å²) in [6.45, 7) is -0.163. The van der Waals surface area contributed by atoms with Crippen molar-refractivity contribution in [1.82, 2.24) is 15.3 Å². The van der Waals surface area contributed by atoms with Crippen molar-refractivity contribution in [3.8, 4) is 29.1 Å². The Hall–Kier alpha value is -4.56. The molecule has 2 aliphatic rings. The van der Waals surface area contributed by atoms with Crippen LogP contribution in [0.15, 0.2) is 60.8 Å². The first-order chi connectivity index (χ1) is 18.1. The third-order valence-electron chi connectivity index (χ3n) is 5.96. The maximum absolute atomic E-state index is 13.1. The van der Waals surface area contributed by atoms with Gasteiger partial charge in [-0.1, -0.05) is 24.1 Å². The van der Waals surface area contributed by atoms with Crippen molar-refractivity contribution in [3.63, 3.8) is 0 Å². The van der Waals surface area contributed by atoms with Crippen LogP contribution in [0.25, 0.3) is 0 Å². The highest BCUT2D eigenvalue weighted by atomic mass is 19.3. The highest BCUT2D eigenvalue weighted by molar-refractivity contribution is 6.02. The minimum atomic E-state index is -2.93. The Morgan fingerprint density at radius 2 is 1.95 bits per heavy atom. The molecule has 0 radical (unpaired) electrons. The zero-order valence-electron chi connectivity index (χ0n) is 20.1. The molecule has 5 rings (SSSR count). The molecule has 38 heavy (non-hydrogen) atoms. The van der Waals surface area contributed by atoms with Gasteiger partial charge in [0.05, 0.1) is 12.8 Å². The molecule has 0 bridgehead atoms. The van der Waals surface area contributed by atoms with Crippen molar-refractivity contribution in [3.05, 3.63) is 72.2 Å². The molecule has 1 aliphatic carbocycles.